The van der Waals surface area contributed by atoms with Crippen molar-refractivity contribution in [3.05, 3.63) is 35.3 Å². The molecule has 0 amide bonds. The lowest BCUT2D eigenvalue weighted by Crippen LogP contribution is -1.96. The third-order valence-electron chi connectivity index (χ3n) is 2.66. The third-order valence-corrected chi connectivity index (χ3v) is 2.66. The van der Waals surface area contributed by atoms with Crippen LogP contribution < -0.4 is 0 Å². The molecule has 1 N–H and O–H groups in total. The SMILES string of the molecule is CCc1cc(C)c(-c2cn[nH]c2)nc1C. The molecule has 0 spiro atoms. The van der Waals surface area contributed by atoms with Crippen molar-refractivity contribution in [1.29, 1.82) is 0 Å². The van der Waals surface area contributed by atoms with Crippen molar-refractivity contribution in [3.63, 3.8) is 0 Å². The summed E-state index contributed by atoms with van der Waals surface area (Å²) in [5.41, 5.74) is 5.72. The van der Waals surface area contributed by atoms with Gasteiger partial charge in [0, 0.05) is 17.5 Å². The fourth-order valence-electron chi connectivity index (χ4n) is 1.79. The molecular weight excluding hydrogens is 186 g/mol. The lowest BCUT2D eigenvalue weighted by molar-refractivity contribution is 1.04. The van der Waals surface area contributed by atoms with Crippen LogP contribution in [0.1, 0.15) is 23.7 Å². The third kappa shape index (κ3) is 1.77. The van der Waals surface area contributed by atoms with Gasteiger partial charge in [0.1, 0.15) is 0 Å². The van der Waals surface area contributed by atoms with E-state index in [9.17, 15) is 0 Å². The van der Waals surface area contributed by atoms with E-state index in [4.69, 9.17) is 0 Å². The monoisotopic (exact) mass is 201 g/mol. The quantitative estimate of drug-likeness (QED) is 0.811. The Balaban J connectivity index is 2.55. The van der Waals surface area contributed by atoms with E-state index >= 15 is 0 Å². The number of nitrogens with one attached hydrogen (secondary N) is 1. The Morgan fingerprint density at radius 1 is 1.33 bits per heavy atom. The van der Waals surface area contributed by atoms with E-state index in [1.807, 2.05) is 6.20 Å². The first-order valence-electron chi connectivity index (χ1n) is 5.18. The van der Waals surface area contributed by atoms with Crippen molar-refractivity contribution in [2.24, 2.45) is 0 Å². The topological polar surface area (TPSA) is 41.6 Å². The van der Waals surface area contributed by atoms with Gasteiger partial charge in [-0.3, -0.25) is 10.1 Å². The summed E-state index contributed by atoms with van der Waals surface area (Å²) in [4.78, 5) is 4.63. The first-order valence-corrected chi connectivity index (χ1v) is 5.18. The molecule has 3 heteroatoms. The summed E-state index contributed by atoms with van der Waals surface area (Å²) >= 11 is 0. The summed E-state index contributed by atoms with van der Waals surface area (Å²) in [7, 11) is 0. The van der Waals surface area contributed by atoms with Gasteiger partial charge in [-0.05, 0) is 31.4 Å². The smallest absolute Gasteiger partial charge is 0.0765 e. The van der Waals surface area contributed by atoms with Crippen LogP contribution in [0.4, 0.5) is 0 Å². The maximum absolute atomic E-state index is 4.63. The Morgan fingerprint density at radius 3 is 2.73 bits per heavy atom. The average molecular weight is 201 g/mol. The minimum atomic E-state index is 1.03. The van der Waals surface area contributed by atoms with E-state index in [1.54, 1.807) is 6.20 Å². The van der Waals surface area contributed by atoms with E-state index in [0.717, 1.165) is 23.4 Å². The van der Waals surface area contributed by atoms with Crippen molar-refractivity contribution in [3.8, 4) is 11.3 Å². The second-order valence-electron chi connectivity index (χ2n) is 3.74. The second kappa shape index (κ2) is 3.85. The van der Waals surface area contributed by atoms with E-state index in [1.165, 1.54) is 11.1 Å². The minimum absolute atomic E-state index is 1.03. The summed E-state index contributed by atoms with van der Waals surface area (Å²) in [5.74, 6) is 0. The fourth-order valence-corrected chi connectivity index (χ4v) is 1.79. The number of hydrogen-bond acceptors (Lipinski definition) is 2. The molecule has 2 heterocycles. The number of pyridine rings is 1. The van der Waals surface area contributed by atoms with Gasteiger partial charge in [0.05, 0.1) is 11.9 Å². The Morgan fingerprint density at radius 2 is 2.13 bits per heavy atom. The van der Waals surface area contributed by atoms with Gasteiger partial charge in [-0.1, -0.05) is 13.0 Å². The maximum atomic E-state index is 4.63. The Bertz CT molecular complexity index is 458. The van der Waals surface area contributed by atoms with E-state index in [2.05, 4.69) is 42.0 Å². The van der Waals surface area contributed by atoms with Crippen LogP contribution in [0.15, 0.2) is 18.5 Å². The van der Waals surface area contributed by atoms with Crippen molar-refractivity contribution >= 4 is 0 Å². The lowest BCUT2D eigenvalue weighted by atomic mass is 10.0. The van der Waals surface area contributed by atoms with Crippen LogP contribution in [-0.4, -0.2) is 15.2 Å². The summed E-state index contributed by atoms with van der Waals surface area (Å²) in [6.45, 7) is 6.30. The highest BCUT2D eigenvalue weighted by Gasteiger charge is 2.07. The molecule has 2 aromatic rings. The second-order valence-corrected chi connectivity index (χ2v) is 3.74. The maximum Gasteiger partial charge on any atom is 0.0765 e. The number of aryl methyl sites for hydroxylation is 3. The van der Waals surface area contributed by atoms with E-state index < -0.39 is 0 Å². The molecule has 0 aliphatic carbocycles. The molecule has 2 rings (SSSR count). The van der Waals surface area contributed by atoms with Gasteiger partial charge >= 0.3 is 0 Å². The fraction of sp³-hybridized carbons (Fsp3) is 0.333. The van der Waals surface area contributed by atoms with E-state index in [-0.39, 0.29) is 0 Å². The molecule has 0 aromatic carbocycles. The molecule has 0 aliphatic rings. The van der Waals surface area contributed by atoms with Gasteiger partial charge < -0.3 is 0 Å². The molecule has 0 fully saturated rings. The van der Waals surface area contributed by atoms with Crippen molar-refractivity contribution in [2.75, 3.05) is 0 Å². The molecule has 0 saturated heterocycles. The Labute approximate surface area is 89.6 Å². The zero-order chi connectivity index (χ0) is 10.8. The first-order chi connectivity index (χ1) is 7.22. The number of aromatic amines is 1. The van der Waals surface area contributed by atoms with Gasteiger partial charge in [0.25, 0.3) is 0 Å². The summed E-state index contributed by atoms with van der Waals surface area (Å²) in [5, 5.41) is 6.76. The van der Waals surface area contributed by atoms with Crippen LogP contribution in [0.3, 0.4) is 0 Å². The zero-order valence-corrected chi connectivity index (χ0v) is 9.33. The number of rotatable bonds is 2. The highest BCUT2D eigenvalue weighted by atomic mass is 15.1. The Kier molecular flexibility index (Phi) is 2.54. The average Bonchev–Trinajstić information content (AvgIpc) is 2.74. The predicted molar refractivity (Wildman–Crippen MR) is 60.7 cm³/mol. The zero-order valence-electron chi connectivity index (χ0n) is 9.33. The standard InChI is InChI=1S/C12H15N3/c1-4-10-5-8(2)12(15-9(10)3)11-6-13-14-7-11/h5-7H,4H2,1-3H3,(H,13,14). The molecule has 78 valence electrons. The summed E-state index contributed by atoms with van der Waals surface area (Å²) in [6, 6.07) is 2.21. The number of hydrogen-bond donors (Lipinski definition) is 1. The van der Waals surface area contributed by atoms with Gasteiger partial charge in [-0.25, -0.2) is 0 Å². The van der Waals surface area contributed by atoms with Crippen LogP contribution in [0.2, 0.25) is 0 Å². The number of aromatic nitrogens is 3. The van der Waals surface area contributed by atoms with Crippen LogP contribution in [0.5, 0.6) is 0 Å². The van der Waals surface area contributed by atoms with E-state index in [0.29, 0.717) is 0 Å². The van der Waals surface area contributed by atoms with Crippen molar-refractivity contribution < 1.29 is 0 Å². The Hall–Kier alpha value is -1.64. The van der Waals surface area contributed by atoms with Crippen molar-refractivity contribution in [2.45, 2.75) is 27.2 Å². The highest BCUT2D eigenvalue weighted by molar-refractivity contribution is 5.61. The van der Waals surface area contributed by atoms with Gasteiger partial charge in [-0.15, -0.1) is 0 Å². The van der Waals surface area contributed by atoms with Gasteiger partial charge in [0.15, 0.2) is 0 Å². The highest BCUT2D eigenvalue weighted by Crippen LogP contribution is 2.22. The molecule has 0 unspecified atom stereocenters. The number of H-pyrrole nitrogens is 1. The van der Waals surface area contributed by atoms with Gasteiger partial charge in [-0.2, -0.15) is 5.10 Å². The molecule has 3 nitrogen and oxygen atoms in total. The molecule has 15 heavy (non-hydrogen) atoms. The largest absolute Gasteiger partial charge is 0.285 e. The molecule has 0 atom stereocenters. The van der Waals surface area contributed by atoms with Crippen molar-refractivity contribution in [1.82, 2.24) is 15.2 Å². The predicted octanol–water partition coefficient (Wildman–Crippen LogP) is 2.65. The summed E-state index contributed by atoms with van der Waals surface area (Å²) < 4.78 is 0. The molecule has 0 bridgehead atoms. The minimum Gasteiger partial charge on any atom is -0.285 e. The summed E-state index contributed by atoms with van der Waals surface area (Å²) in [6.07, 6.45) is 4.71. The van der Waals surface area contributed by atoms with Crippen LogP contribution in [-0.2, 0) is 6.42 Å². The molecule has 0 aliphatic heterocycles. The van der Waals surface area contributed by atoms with Gasteiger partial charge in [0.2, 0.25) is 0 Å². The molecule has 0 saturated carbocycles. The van der Waals surface area contributed by atoms with Crippen LogP contribution in [0.25, 0.3) is 11.3 Å². The first kappa shape index (κ1) is 9.90. The number of nitrogens with zero attached hydrogens (tertiary/aromatic N) is 2. The van der Waals surface area contributed by atoms with Crippen LogP contribution in [0, 0.1) is 13.8 Å². The molecular formula is C12H15N3. The normalized spacial score (nSPS) is 10.6. The lowest BCUT2D eigenvalue weighted by Gasteiger charge is -2.08. The molecule has 2 aromatic heterocycles. The van der Waals surface area contributed by atoms with Crippen LogP contribution >= 0.6 is 0 Å². The molecule has 0 radical (unpaired) electrons.